The van der Waals surface area contributed by atoms with Gasteiger partial charge in [0.25, 0.3) is 0 Å². The van der Waals surface area contributed by atoms with Crippen LogP contribution in [0.25, 0.3) is 6.08 Å². The fourth-order valence-electron chi connectivity index (χ4n) is 2.09. The highest BCUT2D eigenvalue weighted by atomic mass is 35.5. The van der Waals surface area contributed by atoms with Crippen molar-refractivity contribution < 1.29 is 19.4 Å². The van der Waals surface area contributed by atoms with Gasteiger partial charge in [0.2, 0.25) is 5.91 Å². The van der Waals surface area contributed by atoms with E-state index in [9.17, 15) is 9.59 Å². The summed E-state index contributed by atoms with van der Waals surface area (Å²) in [6.45, 7) is 2.42. The van der Waals surface area contributed by atoms with Gasteiger partial charge in [-0.25, -0.2) is 4.79 Å². The summed E-state index contributed by atoms with van der Waals surface area (Å²) in [7, 11) is 1.72. The van der Waals surface area contributed by atoms with Gasteiger partial charge in [0.05, 0.1) is 18.8 Å². The number of aliphatic carboxylic acids is 1. The molecular weight excluding hydrogens is 298 g/mol. The van der Waals surface area contributed by atoms with Crippen LogP contribution in [0, 0.1) is 6.92 Å². The molecule has 0 unspecified atom stereocenters. The summed E-state index contributed by atoms with van der Waals surface area (Å²) in [6.07, 6.45) is 2.00. The van der Waals surface area contributed by atoms with Crippen LogP contribution in [0.2, 0.25) is 5.15 Å². The molecule has 0 aliphatic carbocycles. The van der Waals surface area contributed by atoms with E-state index < -0.39 is 12.1 Å². The second-order valence-corrected chi connectivity index (χ2v) is 5.09. The van der Waals surface area contributed by atoms with E-state index in [1.165, 1.54) is 15.7 Å². The minimum Gasteiger partial charge on any atom is -0.479 e. The molecule has 1 amide bonds. The molecule has 7 nitrogen and oxygen atoms in total. The summed E-state index contributed by atoms with van der Waals surface area (Å²) in [5.41, 5.74) is 1.40. The number of carbonyl (C=O) groups is 2. The van der Waals surface area contributed by atoms with Crippen molar-refractivity contribution in [3.8, 4) is 0 Å². The monoisotopic (exact) mass is 313 g/mol. The minimum absolute atomic E-state index is 0.0399. The van der Waals surface area contributed by atoms with Crippen molar-refractivity contribution in [3.05, 3.63) is 22.5 Å². The van der Waals surface area contributed by atoms with Crippen LogP contribution in [0.15, 0.2) is 6.08 Å². The molecule has 1 aromatic rings. The predicted molar refractivity (Wildman–Crippen MR) is 75.9 cm³/mol. The number of rotatable bonds is 3. The Morgan fingerprint density at radius 2 is 2.24 bits per heavy atom. The Balaban J connectivity index is 2.07. The van der Waals surface area contributed by atoms with Crippen molar-refractivity contribution in [2.45, 2.75) is 13.0 Å². The average Bonchev–Trinajstić information content (AvgIpc) is 2.70. The quantitative estimate of drug-likeness (QED) is 0.831. The highest BCUT2D eigenvalue weighted by molar-refractivity contribution is 6.31. The lowest BCUT2D eigenvalue weighted by Crippen LogP contribution is -2.48. The molecule has 1 aliphatic heterocycles. The standard InChI is InChI=1S/C13H16ClN3O4/c1-8-9(12(14)16(2)15-8)3-4-11(18)17-5-6-21-10(7-17)13(19)20/h3-4,10H,5-7H2,1-2H3,(H,19,20)/b4-3+/t10-/m1/s1. The summed E-state index contributed by atoms with van der Waals surface area (Å²) >= 11 is 6.07. The maximum absolute atomic E-state index is 12.1. The average molecular weight is 314 g/mol. The van der Waals surface area contributed by atoms with Gasteiger partial charge in [-0.3, -0.25) is 9.48 Å². The molecule has 1 aromatic heterocycles. The Morgan fingerprint density at radius 3 is 2.81 bits per heavy atom. The van der Waals surface area contributed by atoms with Gasteiger partial charge in [-0.05, 0) is 13.0 Å². The van der Waals surface area contributed by atoms with Crippen LogP contribution < -0.4 is 0 Å². The molecule has 8 heteroatoms. The number of carboxylic acid groups (broad SMARTS) is 1. The molecule has 114 valence electrons. The third-order valence-corrected chi connectivity index (χ3v) is 3.69. The molecule has 1 atom stereocenters. The number of morpholine rings is 1. The number of nitrogens with zero attached hydrogens (tertiary/aromatic N) is 3. The first-order valence-electron chi connectivity index (χ1n) is 6.40. The summed E-state index contributed by atoms with van der Waals surface area (Å²) in [4.78, 5) is 24.4. The lowest BCUT2D eigenvalue weighted by Gasteiger charge is -2.30. The third kappa shape index (κ3) is 3.43. The SMILES string of the molecule is Cc1nn(C)c(Cl)c1/C=C/C(=O)N1CCO[C@@H](C(=O)O)C1. The largest absolute Gasteiger partial charge is 0.479 e. The van der Waals surface area contributed by atoms with Crippen LogP contribution in [0.4, 0.5) is 0 Å². The molecule has 1 fully saturated rings. The van der Waals surface area contributed by atoms with Crippen LogP contribution in [-0.4, -0.2) is 57.5 Å². The van der Waals surface area contributed by atoms with E-state index in [2.05, 4.69) is 5.10 Å². The minimum atomic E-state index is -1.07. The second kappa shape index (κ2) is 6.28. The van der Waals surface area contributed by atoms with Crippen molar-refractivity contribution >= 4 is 29.6 Å². The van der Waals surface area contributed by atoms with Crippen LogP contribution >= 0.6 is 11.6 Å². The number of halogens is 1. The van der Waals surface area contributed by atoms with Gasteiger partial charge in [-0.2, -0.15) is 5.10 Å². The first-order chi connectivity index (χ1) is 9.90. The molecule has 2 heterocycles. The summed E-state index contributed by atoms with van der Waals surface area (Å²) in [5, 5.41) is 13.5. The van der Waals surface area contributed by atoms with E-state index in [0.717, 1.165) is 5.69 Å². The van der Waals surface area contributed by atoms with Crippen molar-refractivity contribution in [1.82, 2.24) is 14.7 Å². The fourth-order valence-corrected chi connectivity index (χ4v) is 2.33. The van der Waals surface area contributed by atoms with Crippen molar-refractivity contribution in [1.29, 1.82) is 0 Å². The number of aromatic nitrogens is 2. The molecular formula is C13H16ClN3O4. The first kappa shape index (κ1) is 15.5. The van der Waals surface area contributed by atoms with E-state index in [-0.39, 0.29) is 19.1 Å². The number of amides is 1. The summed E-state index contributed by atoms with van der Waals surface area (Å²) in [5.74, 6) is -1.34. The maximum Gasteiger partial charge on any atom is 0.334 e. The molecule has 1 N–H and O–H groups in total. The lowest BCUT2D eigenvalue weighted by molar-refractivity contribution is -0.158. The maximum atomic E-state index is 12.1. The Morgan fingerprint density at radius 1 is 1.52 bits per heavy atom. The van der Waals surface area contributed by atoms with E-state index >= 15 is 0 Å². The highest BCUT2D eigenvalue weighted by Gasteiger charge is 2.28. The van der Waals surface area contributed by atoms with Crippen LogP contribution in [0.5, 0.6) is 0 Å². The van der Waals surface area contributed by atoms with Crippen LogP contribution in [0.1, 0.15) is 11.3 Å². The lowest BCUT2D eigenvalue weighted by atomic mass is 10.2. The molecule has 0 saturated carbocycles. The summed E-state index contributed by atoms with van der Waals surface area (Å²) in [6, 6.07) is 0. The van der Waals surface area contributed by atoms with Crippen LogP contribution in [0.3, 0.4) is 0 Å². The number of hydrogen-bond acceptors (Lipinski definition) is 4. The van der Waals surface area contributed by atoms with Crippen molar-refractivity contribution in [2.24, 2.45) is 7.05 Å². The predicted octanol–water partition coefficient (Wildman–Crippen LogP) is 0.707. The number of hydrogen-bond donors (Lipinski definition) is 1. The molecule has 0 aromatic carbocycles. The number of carboxylic acids is 1. The van der Waals surface area contributed by atoms with Gasteiger partial charge in [-0.1, -0.05) is 11.6 Å². The Labute approximate surface area is 126 Å². The van der Waals surface area contributed by atoms with Gasteiger partial charge < -0.3 is 14.7 Å². The topological polar surface area (TPSA) is 84.7 Å². The Bertz CT molecular complexity index is 596. The highest BCUT2D eigenvalue weighted by Crippen LogP contribution is 2.20. The van der Waals surface area contributed by atoms with Crippen LogP contribution in [-0.2, 0) is 21.4 Å². The molecule has 0 spiro atoms. The second-order valence-electron chi connectivity index (χ2n) is 4.73. The van der Waals surface area contributed by atoms with E-state index in [4.69, 9.17) is 21.4 Å². The van der Waals surface area contributed by atoms with E-state index in [1.54, 1.807) is 20.0 Å². The fraction of sp³-hybridized carbons (Fsp3) is 0.462. The molecule has 1 saturated heterocycles. The molecule has 2 rings (SSSR count). The van der Waals surface area contributed by atoms with Crippen molar-refractivity contribution in [2.75, 3.05) is 19.7 Å². The van der Waals surface area contributed by atoms with E-state index in [0.29, 0.717) is 17.3 Å². The molecule has 0 radical (unpaired) electrons. The van der Waals surface area contributed by atoms with Gasteiger partial charge in [-0.15, -0.1) is 0 Å². The number of ether oxygens (including phenoxy) is 1. The Kier molecular flexibility index (Phi) is 4.64. The molecule has 1 aliphatic rings. The first-order valence-corrected chi connectivity index (χ1v) is 6.78. The molecule has 21 heavy (non-hydrogen) atoms. The van der Waals surface area contributed by atoms with Crippen molar-refractivity contribution in [3.63, 3.8) is 0 Å². The van der Waals surface area contributed by atoms with Gasteiger partial charge in [0.1, 0.15) is 5.15 Å². The Hall–Kier alpha value is -1.86. The molecule has 0 bridgehead atoms. The zero-order valence-corrected chi connectivity index (χ0v) is 12.5. The van der Waals surface area contributed by atoms with E-state index in [1.807, 2.05) is 0 Å². The van der Waals surface area contributed by atoms with Gasteiger partial charge in [0.15, 0.2) is 6.10 Å². The smallest absolute Gasteiger partial charge is 0.334 e. The van der Waals surface area contributed by atoms with Gasteiger partial charge in [0, 0.05) is 25.2 Å². The third-order valence-electron chi connectivity index (χ3n) is 3.24. The number of carbonyl (C=O) groups excluding carboxylic acids is 1. The zero-order chi connectivity index (χ0) is 15.6. The van der Waals surface area contributed by atoms with Gasteiger partial charge >= 0.3 is 5.97 Å². The number of aryl methyl sites for hydroxylation is 2. The summed E-state index contributed by atoms with van der Waals surface area (Å²) < 4.78 is 6.60. The normalized spacial score (nSPS) is 19.2. The zero-order valence-electron chi connectivity index (χ0n) is 11.7.